The minimum atomic E-state index is -3.70. The third-order valence-corrected chi connectivity index (χ3v) is 8.68. The maximum atomic E-state index is 14.1. The van der Waals surface area contributed by atoms with Crippen LogP contribution in [-0.4, -0.2) is 51.4 Å². The van der Waals surface area contributed by atoms with Crippen molar-refractivity contribution in [3.05, 3.63) is 89.2 Å². The van der Waals surface area contributed by atoms with Gasteiger partial charge in [-0.3, -0.25) is 4.79 Å². The maximum absolute atomic E-state index is 14.1. The predicted molar refractivity (Wildman–Crippen MR) is 135 cm³/mol. The molecule has 0 aromatic heterocycles. The molecule has 3 aromatic carbocycles. The van der Waals surface area contributed by atoms with Crippen LogP contribution in [0.4, 0.5) is 15.8 Å². The summed E-state index contributed by atoms with van der Waals surface area (Å²) in [5.74, 6) is -0.381. The van der Waals surface area contributed by atoms with Gasteiger partial charge in [-0.25, -0.2) is 12.8 Å². The molecule has 0 spiro atoms. The first-order valence-corrected chi connectivity index (χ1v) is 13.3. The minimum absolute atomic E-state index is 0.0779. The van der Waals surface area contributed by atoms with E-state index >= 15 is 0 Å². The Labute approximate surface area is 205 Å². The smallest absolute Gasteiger partial charge is 0.258 e. The van der Waals surface area contributed by atoms with E-state index in [-0.39, 0.29) is 29.7 Å². The van der Waals surface area contributed by atoms with E-state index in [9.17, 15) is 17.6 Å². The van der Waals surface area contributed by atoms with Crippen LogP contribution in [0.2, 0.25) is 0 Å². The standard InChI is InChI=1S/C27H28FN3O3S/c1-20-8-10-21(11-9-20)27(32)31-14-4-5-22-19-23(12-13-25(22)31)35(33,34)30-17-15-29(16-18-30)26-7-3-2-6-24(26)28/h2-3,6-13,19H,4-5,14-18H2,1H3. The van der Waals surface area contributed by atoms with Crippen molar-refractivity contribution < 1.29 is 17.6 Å². The highest BCUT2D eigenvalue weighted by molar-refractivity contribution is 7.89. The van der Waals surface area contributed by atoms with Gasteiger partial charge in [-0.2, -0.15) is 4.31 Å². The number of aryl methyl sites for hydroxylation is 2. The van der Waals surface area contributed by atoms with Crippen LogP contribution in [-0.2, 0) is 16.4 Å². The van der Waals surface area contributed by atoms with Crippen LogP contribution in [0.15, 0.2) is 71.6 Å². The first kappa shape index (κ1) is 23.5. The van der Waals surface area contributed by atoms with Gasteiger partial charge < -0.3 is 9.80 Å². The number of rotatable bonds is 4. The number of hydrogen-bond acceptors (Lipinski definition) is 4. The Balaban J connectivity index is 1.34. The molecule has 0 bridgehead atoms. The van der Waals surface area contributed by atoms with Gasteiger partial charge in [-0.05, 0) is 67.8 Å². The Hall–Kier alpha value is -3.23. The Bertz CT molecular complexity index is 1350. The van der Waals surface area contributed by atoms with Gasteiger partial charge in [0, 0.05) is 44.0 Å². The van der Waals surface area contributed by atoms with Gasteiger partial charge in [0.05, 0.1) is 10.6 Å². The number of hydrogen-bond donors (Lipinski definition) is 0. The molecule has 0 N–H and O–H groups in total. The normalized spacial score (nSPS) is 16.7. The fourth-order valence-corrected chi connectivity index (χ4v) is 6.30. The number of fused-ring (bicyclic) bond motifs is 1. The lowest BCUT2D eigenvalue weighted by Crippen LogP contribution is -2.49. The fraction of sp³-hybridized carbons (Fsp3) is 0.296. The number of benzene rings is 3. The molecule has 1 saturated heterocycles. The molecule has 0 aliphatic carbocycles. The molecule has 1 amide bonds. The Morgan fingerprint density at radius 3 is 2.29 bits per heavy atom. The van der Waals surface area contributed by atoms with Crippen molar-refractivity contribution in [1.29, 1.82) is 0 Å². The largest absolute Gasteiger partial charge is 0.367 e. The summed E-state index contributed by atoms with van der Waals surface area (Å²) in [5.41, 5.74) is 3.84. The van der Waals surface area contributed by atoms with Gasteiger partial charge in [0.2, 0.25) is 10.0 Å². The van der Waals surface area contributed by atoms with Crippen molar-refractivity contribution in [3.63, 3.8) is 0 Å². The summed E-state index contributed by atoms with van der Waals surface area (Å²) in [6, 6.07) is 19.1. The summed E-state index contributed by atoms with van der Waals surface area (Å²) in [6.07, 6.45) is 1.49. The summed E-state index contributed by atoms with van der Waals surface area (Å²) < 4.78 is 42.4. The molecular weight excluding hydrogens is 465 g/mol. The van der Waals surface area contributed by atoms with Crippen molar-refractivity contribution in [3.8, 4) is 0 Å². The molecule has 2 aliphatic rings. The van der Waals surface area contributed by atoms with E-state index in [4.69, 9.17) is 0 Å². The van der Waals surface area contributed by atoms with E-state index < -0.39 is 10.0 Å². The molecule has 0 saturated carbocycles. The summed E-state index contributed by atoms with van der Waals surface area (Å²) in [4.78, 5) is 17.0. The number of para-hydroxylation sites is 1. The third-order valence-electron chi connectivity index (χ3n) is 6.78. The summed E-state index contributed by atoms with van der Waals surface area (Å²) in [7, 11) is -3.70. The van der Waals surface area contributed by atoms with Crippen LogP contribution in [0.1, 0.15) is 27.9 Å². The zero-order valence-electron chi connectivity index (χ0n) is 19.7. The number of amides is 1. The third kappa shape index (κ3) is 4.56. The summed E-state index contributed by atoms with van der Waals surface area (Å²) >= 11 is 0. The topological polar surface area (TPSA) is 60.9 Å². The minimum Gasteiger partial charge on any atom is -0.367 e. The number of carbonyl (C=O) groups is 1. The zero-order chi connectivity index (χ0) is 24.6. The quantitative estimate of drug-likeness (QED) is 0.546. The summed E-state index contributed by atoms with van der Waals surface area (Å²) in [5, 5.41) is 0. The Kier molecular flexibility index (Phi) is 6.34. The van der Waals surface area contributed by atoms with Crippen molar-refractivity contribution in [1.82, 2.24) is 4.31 Å². The number of halogens is 1. The van der Waals surface area contributed by atoms with Crippen molar-refractivity contribution in [2.75, 3.05) is 42.5 Å². The zero-order valence-corrected chi connectivity index (χ0v) is 20.5. The average Bonchev–Trinajstić information content (AvgIpc) is 2.88. The molecular formula is C27H28FN3O3S. The van der Waals surface area contributed by atoms with Gasteiger partial charge in [0.25, 0.3) is 5.91 Å². The molecule has 3 aromatic rings. The molecule has 0 atom stereocenters. The average molecular weight is 494 g/mol. The van der Waals surface area contributed by atoms with Gasteiger partial charge in [0.15, 0.2) is 0 Å². The molecule has 182 valence electrons. The lowest BCUT2D eigenvalue weighted by atomic mass is 10.0. The van der Waals surface area contributed by atoms with E-state index in [0.717, 1.165) is 29.7 Å². The van der Waals surface area contributed by atoms with E-state index in [1.165, 1.54) is 10.4 Å². The van der Waals surface area contributed by atoms with Crippen molar-refractivity contribution in [2.24, 2.45) is 0 Å². The molecule has 35 heavy (non-hydrogen) atoms. The van der Waals surface area contributed by atoms with E-state index in [1.807, 2.05) is 36.1 Å². The molecule has 6 nitrogen and oxygen atoms in total. The summed E-state index contributed by atoms with van der Waals surface area (Å²) in [6.45, 7) is 3.99. The van der Waals surface area contributed by atoms with Gasteiger partial charge >= 0.3 is 0 Å². The fourth-order valence-electron chi connectivity index (χ4n) is 4.82. The molecule has 2 aliphatic heterocycles. The van der Waals surface area contributed by atoms with Crippen molar-refractivity contribution >= 4 is 27.3 Å². The number of piperazine rings is 1. The first-order valence-electron chi connectivity index (χ1n) is 11.9. The molecule has 0 radical (unpaired) electrons. The molecule has 2 heterocycles. The van der Waals surface area contributed by atoms with Crippen LogP contribution in [0, 0.1) is 12.7 Å². The highest BCUT2D eigenvalue weighted by Crippen LogP contribution is 2.32. The Morgan fingerprint density at radius 2 is 1.57 bits per heavy atom. The van der Waals surface area contributed by atoms with E-state index in [0.29, 0.717) is 30.9 Å². The number of carbonyl (C=O) groups excluding carboxylic acids is 1. The van der Waals surface area contributed by atoms with Crippen molar-refractivity contribution in [2.45, 2.75) is 24.7 Å². The predicted octanol–water partition coefficient (Wildman–Crippen LogP) is 4.24. The maximum Gasteiger partial charge on any atom is 0.258 e. The number of sulfonamides is 1. The molecule has 5 rings (SSSR count). The van der Waals surface area contributed by atoms with E-state index in [1.54, 1.807) is 41.3 Å². The van der Waals surface area contributed by atoms with E-state index in [2.05, 4.69) is 0 Å². The SMILES string of the molecule is Cc1ccc(C(=O)N2CCCc3cc(S(=O)(=O)N4CCN(c5ccccc5F)CC4)ccc32)cc1. The van der Waals surface area contributed by atoms with Crippen LogP contribution in [0.3, 0.4) is 0 Å². The second-order valence-corrected chi connectivity index (χ2v) is 11.0. The number of anilines is 2. The Morgan fingerprint density at radius 1 is 0.857 bits per heavy atom. The van der Waals surface area contributed by atoms with Crippen LogP contribution in [0.5, 0.6) is 0 Å². The van der Waals surface area contributed by atoms with Gasteiger partial charge in [0.1, 0.15) is 5.82 Å². The molecule has 0 unspecified atom stereocenters. The molecule has 1 fully saturated rings. The first-order chi connectivity index (χ1) is 16.8. The molecule has 8 heteroatoms. The van der Waals surface area contributed by atoms with Crippen LogP contribution in [0.25, 0.3) is 0 Å². The van der Waals surface area contributed by atoms with Crippen LogP contribution < -0.4 is 9.80 Å². The van der Waals surface area contributed by atoms with Gasteiger partial charge in [-0.15, -0.1) is 0 Å². The lowest BCUT2D eigenvalue weighted by molar-refractivity contribution is 0.0985. The lowest BCUT2D eigenvalue weighted by Gasteiger charge is -2.36. The second kappa shape index (κ2) is 9.43. The number of nitrogens with zero attached hydrogens (tertiary/aromatic N) is 3. The van der Waals surface area contributed by atoms with Crippen LogP contribution >= 0.6 is 0 Å². The van der Waals surface area contributed by atoms with Gasteiger partial charge in [-0.1, -0.05) is 29.8 Å². The second-order valence-electron chi connectivity index (χ2n) is 9.06. The highest BCUT2D eigenvalue weighted by atomic mass is 32.2. The monoisotopic (exact) mass is 493 g/mol. The highest BCUT2D eigenvalue weighted by Gasteiger charge is 2.31.